The molecule has 0 atom stereocenters. The maximum atomic E-state index is 12.4. The Morgan fingerprint density at radius 3 is 2.24 bits per heavy atom. The Bertz CT molecular complexity index is 1300. The number of hydrogen-bond acceptors (Lipinski definition) is 6. The lowest BCUT2D eigenvalue weighted by Crippen LogP contribution is -2.12. The van der Waals surface area contributed by atoms with Gasteiger partial charge >= 0.3 is 5.97 Å². The van der Waals surface area contributed by atoms with Crippen molar-refractivity contribution < 1.29 is 19.1 Å². The van der Waals surface area contributed by atoms with Gasteiger partial charge in [0.05, 0.1) is 30.0 Å². The lowest BCUT2D eigenvalue weighted by Gasteiger charge is -2.09. The summed E-state index contributed by atoms with van der Waals surface area (Å²) < 4.78 is 9.93. The van der Waals surface area contributed by atoms with E-state index in [2.05, 4.69) is 32.6 Å². The number of benzene rings is 3. The third kappa shape index (κ3) is 10.2. The topological polar surface area (TPSA) is 77.5 Å². The summed E-state index contributed by atoms with van der Waals surface area (Å²) in [7, 11) is 1.35. The molecule has 0 aliphatic heterocycles. The first-order valence-corrected chi connectivity index (χ1v) is 13.5. The van der Waals surface area contributed by atoms with E-state index in [1.807, 2.05) is 44.2 Å². The second kappa shape index (κ2) is 16.5. The summed E-state index contributed by atoms with van der Waals surface area (Å²) in [5.41, 5.74) is 3.14. The van der Waals surface area contributed by atoms with E-state index in [0.29, 0.717) is 27.9 Å². The average Bonchev–Trinajstić information content (AvgIpc) is 3.40. The van der Waals surface area contributed by atoms with Crippen LogP contribution in [0.5, 0.6) is 5.75 Å². The highest BCUT2D eigenvalue weighted by Gasteiger charge is 2.11. The first-order valence-electron chi connectivity index (χ1n) is 11.9. The van der Waals surface area contributed by atoms with Crippen LogP contribution in [0.4, 0.5) is 5.69 Å². The van der Waals surface area contributed by atoms with Crippen LogP contribution < -0.4 is 10.1 Å². The van der Waals surface area contributed by atoms with Gasteiger partial charge in [0, 0.05) is 35.0 Å². The normalized spacial score (nSPS) is 9.74. The number of rotatable bonds is 7. The van der Waals surface area contributed by atoms with Crippen molar-refractivity contribution in [1.82, 2.24) is 4.98 Å². The van der Waals surface area contributed by atoms with E-state index in [9.17, 15) is 9.59 Å². The quantitative estimate of drug-likeness (QED) is 0.226. The van der Waals surface area contributed by atoms with Crippen LogP contribution in [0.3, 0.4) is 0 Å². The second-order valence-corrected chi connectivity index (χ2v) is 9.11. The number of aromatic nitrogens is 1. The number of carbonyl (C=O) groups excluding carboxylic acids is 2. The van der Waals surface area contributed by atoms with E-state index in [4.69, 9.17) is 27.9 Å². The summed E-state index contributed by atoms with van der Waals surface area (Å²) in [6.07, 6.45) is 0.719. The zero-order valence-electron chi connectivity index (χ0n) is 21.7. The molecular weight excluding hydrogens is 543 g/mol. The maximum absolute atomic E-state index is 12.4. The SMILES string of the molecule is CC.COC(C)=O.O=C(Nc1ccc(OCCc2csc(-c3ccccc3)n2)cc1)c1ccc(Cl)cc1Cl. The average molecular weight is 574 g/mol. The number of halogens is 2. The summed E-state index contributed by atoms with van der Waals surface area (Å²) >= 11 is 13.6. The molecule has 0 saturated carbocycles. The number of nitrogens with one attached hydrogen (secondary N) is 1. The highest BCUT2D eigenvalue weighted by molar-refractivity contribution is 7.13. The van der Waals surface area contributed by atoms with Gasteiger partial charge in [-0.05, 0) is 42.5 Å². The van der Waals surface area contributed by atoms with Crippen molar-refractivity contribution in [2.45, 2.75) is 27.2 Å². The van der Waals surface area contributed by atoms with Crippen LogP contribution >= 0.6 is 34.5 Å². The van der Waals surface area contributed by atoms with Crippen LogP contribution in [0, 0.1) is 0 Å². The molecule has 1 amide bonds. The van der Waals surface area contributed by atoms with Crippen molar-refractivity contribution in [2.24, 2.45) is 0 Å². The van der Waals surface area contributed by atoms with Crippen LogP contribution in [0.25, 0.3) is 10.6 Å². The fourth-order valence-electron chi connectivity index (χ4n) is 2.92. The molecule has 0 spiro atoms. The number of thiazole rings is 1. The van der Waals surface area contributed by atoms with Crippen molar-refractivity contribution in [1.29, 1.82) is 0 Å². The fraction of sp³-hybridized carbons (Fsp3) is 0.207. The molecule has 38 heavy (non-hydrogen) atoms. The highest BCUT2D eigenvalue weighted by Crippen LogP contribution is 2.25. The molecule has 1 N–H and O–H groups in total. The number of amides is 1. The smallest absolute Gasteiger partial charge is 0.302 e. The van der Waals surface area contributed by atoms with E-state index < -0.39 is 0 Å². The first-order chi connectivity index (χ1) is 18.4. The molecule has 4 aromatic rings. The summed E-state index contributed by atoms with van der Waals surface area (Å²) in [6.45, 7) is 5.88. The Morgan fingerprint density at radius 1 is 0.974 bits per heavy atom. The van der Waals surface area contributed by atoms with Crippen LogP contribution in [-0.2, 0) is 16.0 Å². The second-order valence-electron chi connectivity index (χ2n) is 7.41. The van der Waals surface area contributed by atoms with Gasteiger partial charge in [0.2, 0.25) is 0 Å². The molecule has 0 radical (unpaired) electrons. The summed E-state index contributed by atoms with van der Waals surface area (Å²) in [5.74, 6) is 0.180. The van der Waals surface area contributed by atoms with E-state index in [1.54, 1.807) is 41.7 Å². The van der Waals surface area contributed by atoms with E-state index >= 15 is 0 Å². The molecule has 0 unspecified atom stereocenters. The van der Waals surface area contributed by atoms with Gasteiger partial charge in [0.15, 0.2) is 0 Å². The minimum absolute atomic E-state index is 0.245. The maximum Gasteiger partial charge on any atom is 0.302 e. The number of nitrogens with zero attached hydrogens (tertiary/aromatic N) is 1. The molecule has 200 valence electrons. The first kappa shape index (κ1) is 30.8. The zero-order chi connectivity index (χ0) is 27.9. The molecule has 4 rings (SSSR count). The Hall–Kier alpha value is -3.39. The van der Waals surface area contributed by atoms with Gasteiger partial charge < -0.3 is 14.8 Å². The third-order valence-corrected chi connectivity index (χ3v) is 6.26. The van der Waals surface area contributed by atoms with Gasteiger partial charge in [0.25, 0.3) is 5.91 Å². The fourth-order valence-corrected chi connectivity index (χ4v) is 4.27. The molecule has 1 aromatic heterocycles. The number of ether oxygens (including phenoxy) is 2. The van der Waals surface area contributed by atoms with Crippen LogP contribution in [0.2, 0.25) is 10.0 Å². The predicted octanol–water partition coefficient (Wildman–Crippen LogP) is 8.20. The molecule has 0 saturated heterocycles. The highest BCUT2D eigenvalue weighted by atomic mass is 35.5. The minimum atomic E-state index is -0.298. The minimum Gasteiger partial charge on any atom is -0.493 e. The van der Waals surface area contributed by atoms with Crippen LogP contribution in [0.15, 0.2) is 78.2 Å². The molecule has 0 aliphatic rings. The van der Waals surface area contributed by atoms with Gasteiger partial charge in [0.1, 0.15) is 10.8 Å². The molecule has 6 nitrogen and oxygen atoms in total. The largest absolute Gasteiger partial charge is 0.493 e. The van der Waals surface area contributed by atoms with Crippen LogP contribution in [0.1, 0.15) is 36.8 Å². The molecule has 3 aromatic carbocycles. The standard InChI is InChI=1S/C24H18Cl2N2O2S.C3H6O2.C2H6/c25-17-6-11-21(22(26)14-17)23(29)27-18-7-9-20(10-8-18)30-13-12-19-15-31-24(28-19)16-4-2-1-3-5-16;1-3(4)5-2;1-2/h1-11,14-15H,12-13H2,(H,27,29);1-2H3;1-2H3. The van der Waals surface area contributed by atoms with Gasteiger partial charge in [-0.3, -0.25) is 9.59 Å². The van der Waals surface area contributed by atoms with Crippen molar-refractivity contribution in [3.05, 3.63) is 99.5 Å². The molecule has 0 aliphatic carbocycles. The van der Waals surface area contributed by atoms with E-state index in [0.717, 1.165) is 28.4 Å². The lowest BCUT2D eigenvalue weighted by molar-refractivity contribution is -0.137. The number of hydrogen-bond donors (Lipinski definition) is 1. The molecular formula is C29H30Cl2N2O4S. The van der Waals surface area contributed by atoms with Crippen molar-refractivity contribution in [3.8, 4) is 16.3 Å². The summed E-state index contributed by atoms with van der Waals surface area (Å²) in [6, 6.07) is 22.1. The summed E-state index contributed by atoms with van der Waals surface area (Å²) in [5, 5.41) is 6.68. The van der Waals surface area contributed by atoms with E-state index in [-0.39, 0.29) is 11.9 Å². The number of esters is 1. The Balaban J connectivity index is 0.000000651. The third-order valence-electron chi connectivity index (χ3n) is 4.77. The van der Waals surface area contributed by atoms with Crippen molar-refractivity contribution >= 4 is 52.1 Å². The Labute approximate surface area is 237 Å². The van der Waals surface area contributed by atoms with Gasteiger partial charge in [-0.1, -0.05) is 67.4 Å². The molecule has 1 heterocycles. The number of methoxy groups -OCH3 is 1. The summed E-state index contributed by atoms with van der Waals surface area (Å²) in [4.78, 5) is 26.7. The van der Waals surface area contributed by atoms with E-state index in [1.165, 1.54) is 14.0 Å². The van der Waals surface area contributed by atoms with Gasteiger partial charge in [-0.25, -0.2) is 4.98 Å². The number of anilines is 1. The van der Waals surface area contributed by atoms with Gasteiger partial charge in [-0.2, -0.15) is 0 Å². The van der Waals surface area contributed by atoms with Crippen LogP contribution in [-0.4, -0.2) is 30.6 Å². The zero-order valence-corrected chi connectivity index (χ0v) is 24.0. The van der Waals surface area contributed by atoms with Gasteiger partial charge in [-0.15, -0.1) is 11.3 Å². The Kier molecular flexibility index (Phi) is 13.3. The monoisotopic (exact) mass is 572 g/mol. The van der Waals surface area contributed by atoms with Crippen molar-refractivity contribution in [2.75, 3.05) is 19.0 Å². The lowest BCUT2D eigenvalue weighted by atomic mass is 10.2. The molecule has 0 bridgehead atoms. The Morgan fingerprint density at radius 2 is 1.63 bits per heavy atom. The van der Waals surface area contributed by atoms with Crippen molar-refractivity contribution in [3.63, 3.8) is 0 Å². The predicted molar refractivity (Wildman–Crippen MR) is 157 cm³/mol. The molecule has 0 fully saturated rings. The number of carbonyl (C=O) groups is 2. The molecule has 9 heteroatoms.